The van der Waals surface area contributed by atoms with Gasteiger partial charge in [-0.25, -0.2) is 14.9 Å². The third kappa shape index (κ3) is 2.56. The maximum atomic E-state index is 12.9. The Balaban J connectivity index is 2.15. The van der Waals surface area contributed by atoms with Crippen LogP contribution in [-0.4, -0.2) is 29.3 Å². The highest BCUT2D eigenvalue weighted by Gasteiger charge is 2.22. The summed E-state index contributed by atoms with van der Waals surface area (Å²) in [4.78, 5) is 16.4. The molecule has 0 aromatic carbocycles. The summed E-state index contributed by atoms with van der Waals surface area (Å²) in [5.74, 6) is -0.173. The Bertz CT molecular complexity index is 407. The number of aromatic nitrogens is 1. The van der Waals surface area contributed by atoms with Crippen molar-refractivity contribution in [1.29, 1.82) is 0 Å². The molecule has 0 bridgehead atoms. The number of hydroxylamine groups is 1. The molecular weight excluding hydrogens is 227 g/mol. The van der Waals surface area contributed by atoms with Crippen LogP contribution in [0.2, 0.25) is 0 Å². The van der Waals surface area contributed by atoms with Crippen molar-refractivity contribution in [3.63, 3.8) is 0 Å². The normalized spacial score (nSPS) is 17.2. The van der Waals surface area contributed by atoms with Crippen molar-refractivity contribution in [2.24, 2.45) is 5.18 Å². The fourth-order valence-corrected chi connectivity index (χ4v) is 1.95. The molecule has 1 aromatic rings. The first-order valence-electron chi connectivity index (χ1n) is 5.38. The van der Waals surface area contributed by atoms with Gasteiger partial charge >= 0.3 is 0 Å². The summed E-state index contributed by atoms with van der Waals surface area (Å²) in [5, 5.41) is 11.6. The number of piperidine rings is 1. The predicted octanol–water partition coefficient (Wildman–Crippen LogP) is 1.57. The molecule has 0 saturated carbocycles. The topological polar surface area (TPSA) is 77.8 Å². The minimum atomic E-state index is -0.574. The van der Waals surface area contributed by atoms with E-state index in [0.29, 0.717) is 18.9 Å². The molecule has 1 aliphatic heterocycles. The van der Waals surface area contributed by atoms with Gasteiger partial charge in [0.15, 0.2) is 11.5 Å². The zero-order valence-electron chi connectivity index (χ0n) is 9.14. The maximum absolute atomic E-state index is 12.9. The number of nitroso groups, excluding NO2 is 1. The zero-order valence-corrected chi connectivity index (χ0v) is 9.14. The molecule has 7 heteroatoms. The molecular formula is C10H13FN4O2. The van der Waals surface area contributed by atoms with Gasteiger partial charge in [-0.05, 0) is 18.0 Å². The Hall–Kier alpha value is -1.60. The number of hydrogen-bond donors (Lipinski definition) is 2. The summed E-state index contributed by atoms with van der Waals surface area (Å²) in [5.41, 5.74) is 2.24. The lowest BCUT2D eigenvalue weighted by Gasteiger charge is -2.32. The van der Waals surface area contributed by atoms with Crippen LogP contribution in [0.1, 0.15) is 12.8 Å². The van der Waals surface area contributed by atoms with Gasteiger partial charge in [-0.15, -0.1) is 4.91 Å². The van der Waals surface area contributed by atoms with E-state index >= 15 is 0 Å². The van der Waals surface area contributed by atoms with Crippen molar-refractivity contribution >= 4 is 11.5 Å². The van der Waals surface area contributed by atoms with Gasteiger partial charge in [-0.1, -0.05) is 0 Å². The number of nitrogens with zero attached hydrogens (tertiary/aromatic N) is 3. The van der Waals surface area contributed by atoms with E-state index in [2.05, 4.69) is 15.6 Å². The number of anilines is 1. The van der Waals surface area contributed by atoms with Crippen LogP contribution in [-0.2, 0) is 0 Å². The number of rotatable bonds is 3. The van der Waals surface area contributed by atoms with Crippen LogP contribution >= 0.6 is 0 Å². The molecule has 17 heavy (non-hydrogen) atoms. The van der Waals surface area contributed by atoms with Crippen molar-refractivity contribution in [3.8, 4) is 0 Å². The molecule has 1 saturated heterocycles. The van der Waals surface area contributed by atoms with Crippen LogP contribution in [0.4, 0.5) is 15.9 Å². The maximum Gasteiger partial charge on any atom is 0.158 e. The molecule has 1 fully saturated rings. The predicted molar refractivity (Wildman–Crippen MR) is 59.8 cm³/mol. The Morgan fingerprint density at radius 3 is 2.82 bits per heavy atom. The first kappa shape index (κ1) is 11.9. The summed E-state index contributed by atoms with van der Waals surface area (Å²) in [6.07, 6.45) is 2.53. The lowest BCUT2D eigenvalue weighted by atomic mass is 10.1. The average molecular weight is 240 g/mol. The quantitative estimate of drug-likeness (QED) is 0.619. The molecule has 0 unspecified atom stereocenters. The van der Waals surface area contributed by atoms with E-state index in [1.165, 1.54) is 0 Å². The van der Waals surface area contributed by atoms with E-state index in [0.717, 1.165) is 25.1 Å². The summed E-state index contributed by atoms with van der Waals surface area (Å²) >= 11 is 0. The van der Waals surface area contributed by atoms with Gasteiger partial charge < -0.3 is 10.1 Å². The molecule has 2 N–H and O–H groups in total. The van der Waals surface area contributed by atoms with Crippen molar-refractivity contribution in [2.75, 3.05) is 18.0 Å². The standard InChI is InChI=1S/C10H13FN4O2/c11-7-5-9(14-17)10(12-6-7)15-3-1-8(13-16)2-4-15/h5-6,8,13,16H,1-4H2. The van der Waals surface area contributed by atoms with Gasteiger partial charge in [-0.3, -0.25) is 0 Å². The van der Waals surface area contributed by atoms with E-state index in [-0.39, 0.29) is 11.7 Å². The van der Waals surface area contributed by atoms with E-state index in [1.54, 1.807) is 0 Å². The average Bonchev–Trinajstić information content (AvgIpc) is 2.39. The number of nitrogens with one attached hydrogen (secondary N) is 1. The smallest absolute Gasteiger partial charge is 0.158 e. The fraction of sp³-hybridized carbons (Fsp3) is 0.500. The molecule has 0 radical (unpaired) electrons. The molecule has 92 valence electrons. The van der Waals surface area contributed by atoms with Gasteiger partial charge in [0, 0.05) is 25.2 Å². The number of hydrogen-bond acceptors (Lipinski definition) is 6. The molecule has 6 nitrogen and oxygen atoms in total. The minimum Gasteiger partial charge on any atom is -0.355 e. The number of halogens is 1. The SMILES string of the molecule is O=Nc1cc(F)cnc1N1CCC(NO)CC1. The van der Waals surface area contributed by atoms with Crippen LogP contribution in [0.25, 0.3) is 0 Å². The van der Waals surface area contributed by atoms with Gasteiger partial charge in [0.25, 0.3) is 0 Å². The highest BCUT2D eigenvalue weighted by molar-refractivity contribution is 5.61. The molecule has 0 amide bonds. The highest BCUT2D eigenvalue weighted by Crippen LogP contribution is 2.28. The van der Waals surface area contributed by atoms with Crippen LogP contribution in [0.3, 0.4) is 0 Å². The van der Waals surface area contributed by atoms with Crippen LogP contribution in [0, 0.1) is 10.7 Å². The third-order valence-electron chi connectivity index (χ3n) is 2.89. The molecule has 1 aliphatic rings. The summed E-state index contributed by atoms with van der Waals surface area (Å²) < 4.78 is 12.9. The van der Waals surface area contributed by atoms with Crippen LogP contribution in [0.15, 0.2) is 17.4 Å². The lowest BCUT2D eigenvalue weighted by molar-refractivity contribution is 0.113. The van der Waals surface area contributed by atoms with Gasteiger partial charge in [0.2, 0.25) is 0 Å². The van der Waals surface area contributed by atoms with E-state index in [1.807, 2.05) is 4.90 Å². The van der Waals surface area contributed by atoms with E-state index < -0.39 is 5.82 Å². The Morgan fingerprint density at radius 1 is 1.53 bits per heavy atom. The summed E-state index contributed by atoms with van der Waals surface area (Å²) in [6.45, 7) is 1.28. The van der Waals surface area contributed by atoms with E-state index in [9.17, 15) is 9.30 Å². The van der Waals surface area contributed by atoms with E-state index in [4.69, 9.17) is 5.21 Å². The van der Waals surface area contributed by atoms with Gasteiger partial charge in [-0.2, -0.15) is 0 Å². The number of pyridine rings is 1. The monoisotopic (exact) mass is 240 g/mol. The first-order valence-corrected chi connectivity index (χ1v) is 5.38. The lowest BCUT2D eigenvalue weighted by Crippen LogP contribution is -2.41. The Kier molecular flexibility index (Phi) is 3.60. The molecule has 2 rings (SSSR count). The largest absolute Gasteiger partial charge is 0.355 e. The highest BCUT2D eigenvalue weighted by atomic mass is 19.1. The van der Waals surface area contributed by atoms with Crippen molar-refractivity contribution in [1.82, 2.24) is 10.5 Å². The third-order valence-corrected chi connectivity index (χ3v) is 2.89. The van der Waals surface area contributed by atoms with Crippen LogP contribution in [0.5, 0.6) is 0 Å². The second-order valence-electron chi connectivity index (χ2n) is 3.98. The molecule has 0 aliphatic carbocycles. The van der Waals surface area contributed by atoms with Crippen molar-refractivity contribution in [2.45, 2.75) is 18.9 Å². The first-order chi connectivity index (χ1) is 8.24. The van der Waals surface area contributed by atoms with Crippen molar-refractivity contribution < 1.29 is 9.60 Å². The Morgan fingerprint density at radius 2 is 2.24 bits per heavy atom. The second kappa shape index (κ2) is 5.15. The van der Waals surface area contributed by atoms with Gasteiger partial charge in [0.1, 0.15) is 5.82 Å². The molecule has 2 heterocycles. The molecule has 0 atom stereocenters. The molecule has 1 aromatic heterocycles. The molecule has 0 spiro atoms. The van der Waals surface area contributed by atoms with Gasteiger partial charge in [0.05, 0.1) is 6.20 Å². The summed E-state index contributed by atoms with van der Waals surface area (Å²) in [6, 6.07) is 1.13. The fourth-order valence-electron chi connectivity index (χ4n) is 1.95. The van der Waals surface area contributed by atoms with Crippen LogP contribution < -0.4 is 10.4 Å². The Labute approximate surface area is 97.4 Å². The minimum absolute atomic E-state index is 0.0143. The second-order valence-corrected chi connectivity index (χ2v) is 3.98. The zero-order chi connectivity index (χ0) is 12.3. The van der Waals surface area contributed by atoms with Crippen molar-refractivity contribution in [3.05, 3.63) is 23.0 Å². The summed E-state index contributed by atoms with van der Waals surface area (Å²) in [7, 11) is 0.